The molecule has 1 N–H and O–H groups in total. The van der Waals surface area contributed by atoms with Crippen LogP contribution in [0.1, 0.15) is 17.7 Å². The third-order valence-electron chi connectivity index (χ3n) is 4.62. The zero-order chi connectivity index (χ0) is 19.2. The van der Waals surface area contributed by atoms with Gasteiger partial charge in [0.05, 0.1) is 18.8 Å². The van der Waals surface area contributed by atoms with Gasteiger partial charge in [-0.05, 0) is 36.8 Å². The quantitative estimate of drug-likeness (QED) is 0.797. The van der Waals surface area contributed by atoms with Crippen molar-refractivity contribution in [2.24, 2.45) is 0 Å². The highest BCUT2D eigenvalue weighted by Gasteiger charge is 2.39. The highest BCUT2D eigenvalue weighted by molar-refractivity contribution is 5.93. The number of para-hydroxylation sites is 1. The Morgan fingerprint density at radius 3 is 2.78 bits per heavy atom. The number of nitrogens with one attached hydrogen (secondary N) is 1. The van der Waals surface area contributed by atoms with Crippen LogP contribution >= 0.6 is 0 Å². The molecule has 2 atom stereocenters. The van der Waals surface area contributed by atoms with Gasteiger partial charge in [0.1, 0.15) is 17.9 Å². The molecule has 0 aliphatic carbocycles. The molecule has 1 aliphatic heterocycles. The molecule has 2 heterocycles. The Bertz CT molecular complexity index is 822. The van der Waals surface area contributed by atoms with Crippen molar-refractivity contribution in [1.82, 2.24) is 15.2 Å². The van der Waals surface area contributed by atoms with Gasteiger partial charge >= 0.3 is 0 Å². The van der Waals surface area contributed by atoms with E-state index in [1.807, 2.05) is 49.4 Å². The van der Waals surface area contributed by atoms with Gasteiger partial charge < -0.3 is 15.0 Å². The smallest absolute Gasteiger partial charge is 0.246 e. The maximum atomic E-state index is 12.7. The zero-order valence-corrected chi connectivity index (χ0v) is 15.3. The molecular formula is C21H23N3O3. The number of aryl methyl sites for hydroxylation is 1. The van der Waals surface area contributed by atoms with Crippen LogP contribution in [0, 0.1) is 6.92 Å². The Kier molecular flexibility index (Phi) is 5.86. The van der Waals surface area contributed by atoms with Gasteiger partial charge in [-0.3, -0.25) is 14.6 Å². The minimum atomic E-state index is -0.590. The number of likely N-dealkylation sites (tertiary alicyclic amines) is 1. The van der Waals surface area contributed by atoms with Gasteiger partial charge in [0.25, 0.3) is 0 Å². The maximum absolute atomic E-state index is 12.7. The van der Waals surface area contributed by atoms with Crippen molar-refractivity contribution >= 4 is 11.8 Å². The monoisotopic (exact) mass is 365 g/mol. The summed E-state index contributed by atoms with van der Waals surface area (Å²) in [7, 11) is 0. The summed E-state index contributed by atoms with van der Waals surface area (Å²) in [5, 5.41) is 2.89. The van der Waals surface area contributed by atoms with Crippen molar-refractivity contribution < 1.29 is 14.3 Å². The number of pyridine rings is 1. The van der Waals surface area contributed by atoms with Crippen LogP contribution in [0.15, 0.2) is 61.3 Å². The average molecular weight is 365 g/mol. The van der Waals surface area contributed by atoms with Crippen LogP contribution < -0.4 is 10.1 Å². The Hall–Kier alpha value is -3.15. The van der Waals surface area contributed by atoms with E-state index in [-0.39, 0.29) is 17.9 Å². The van der Waals surface area contributed by atoms with Gasteiger partial charge in [-0.1, -0.05) is 30.8 Å². The number of aromatic nitrogens is 1. The number of carbonyl (C=O) groups excluding carboxylic acids is 2. The molecule has 1 aromatic heterocycles. The van der Waals surface area contributed by atoms with Crippen LogP contribution in [-0.4, -0.2) is 40.4 Å². The summed E-state index contributed by atoms with van der Waals surface area (Å²) >= 11 is 0. The Morgan fingerprint density at radius 1 is 1.30 bits per heavy atom. The molecule has 6 heteroatoms. The Labute approximate surface area is 158 Å². The normalized spacial score (nSPS) is 18.8. The van der Waals surface area contributed by atoms with Gasteiger partial charge in [-0.15, -0.1) is 0 Å². The second-order valence-electron chi connectivity index (χ2n) is 6.48. The SMILES string of the molecule is C=CC(=O)N1C[C@@H](Oc2ccccc2)C[C@H]1C(=O)NCc1ncccc1C. The standard InChI is InChI=1S/C21H23N3O3/c1-3-20(25)24-14-17(27-16-9-5-4-6-10-16)12-19(24)21(26)23-13-18-15(2)8-7-11-22-18/h3-11,17,19H,1,12-14H2,2H3,(H,23,26)/t17-,19-/m0/s1. The third kappa shape index (κ3) is 4.53. The van der Waals surface area contributed by atoms with Gasteiger partial charge in [0, 0.05) is 12.6 Å². The van der Waals surface area contributed by atoms with E-state index in [2.05, 4.69) is 16.9 Å². The fourth-order valence-electron chi connectivity index (χ4n) is 3.18. The summed E-state index contributed by atoms with van der Waals surface area (Å²) in [5.41, 5.74) is 1.82. The number of hydrogen-bond acceptors (Lipinski definition) is 4. The molecule has 2 amide bonds. The minimum absolute atomic E-state index is 0.214. The van der Waals surface area contributed by atoms with Crippen LogP contribution in [0.3, 0.4) is 0 Å². The molecule has 1 fully saturated rings. The van der Waals surface area contributed by atoms with Crippen molar-refractivity contribution in [1.29, 1.82) is 0 Å². The topological polar surface area (TPSA) is 71.5 Å². The molecule has 2 aromatic rings. The number of ether oxygens (including phenoxy) is 1. The lowest BCUT2D eigenvalue weighted by Crippen LogP contribution is -2.45. The molecule has 6 nitrogen and oxygen atoms in total. The second kappa shape index (κ2) is 8.49. The summed E-state index contributed by atoms with van der Waals surface area (Å²) in [6, 6.07) is 12.6. The predicted octanol–water partition coefficient (Wildman–Crippen LogP) is 2.24. The first-order valence-electron chi connectivity index (χ1n) is 8.91. The molecule has 140 valence electrons. The van der Waals surface area contributed by atoms with Crippen molar-refractivity contribution in [3.05, 3.63) is 72.6 Å². The van der Waals surface area contributed by atoms with Crippen LogP contribution in [0.2, 0.25) is 0 Å². The van der Waals surface area contributed by atoms with Crippen molar-refractivity contribution in [3.63, 3.8) is 0 Å². The minimum Gasteiger partial charge on any atom is -0.488 e. The molecule has 3 rings (SSSR count). The first-order valence-corrected chi connectivity index (χ1v) is 8.91. The zero-order valence-electron chi connectivity index (χ0n) is 15.3. The largest absolute Gasteiger partial charge is 0.488 e. The van der Waals surface area contributed by atoms with Crippen LogP contribution in [0.5, 0.6) is 5.75 Å². The van der Waals surface area contributed by atoms with Gasteiger partial charge in [0.15, 0.2) is 0 Å². The number of rotatable bonds is 6. The maximum Gasteiger partial charge on any atom is 0.246 e. The van der Waals surface area contributed by atoms with Crippen molar-refractivity contribution in [2.75, 3.05) is 6.54 Å². The van der Waals surface area contributed by atoms with Crippen LogP contribution in [-0.2, 0) is 16.1 Å². The van der Waals surface area contributed by atoms with E-state index in [0.717, 1.165) is 17.0 Å². The predicted molar refractivity (Wildman–Crippen MR) is 102 cm³/mol. The van der Waals surface area contributed by atoms with E-state index >= 15 is 0 Å². The van der Waals surface area contributed by atoms with Crippen LogP contribution in [0.25, 0.3) is 0 Å². The summed E-state index contributed by atoms with van der Waals surface area (Å²) in [4.78, 5) is 30.7. The van der Waals surface area contributed by atoms with Crippen molar-refractivity contribution in [3.8, 4) is 5.75 Å². The molecule has 1 aromatic carbocycles. The number of hydrogen-bond donors (Lipinski definition) is 1. The highest BCUT2D eigenvalue weighted by atomic mass is 16.5. The van der Waals surface area contributed by atoms with Crippen molar-refractivity contribution in [2.45, 2.75) is 32.0 Å². The second-order valence-corrected chi connectivity index (χ2v) is 6.48. The molecule has 0 bridgehead atoms. The Morgan fingerprint density at radius 2 is 2.07 bits per heavy atom. The lowest BCUT2D eigenvalue weighted by molar-refractivity contribution is -0.135. The third-order valence-corrected chi connectivity index (χ3v) is 4.62. The summed E-state index contributed by atoms with van der Waals surface area (Å²) in [6.07, 6.45) is 3.11. The van der Waals surface area contributed by atoms with E-state index in [4.69, 9.17) is 4.74 Å². The summed E-state index contributed by atoms with van der Waals surface area (Å²) in [5.74, 6) is 0.233. The number of amides is 2. The molecular weight excluding hydrogens is 342 g/mol. The molecule has 1 aliphatic rings. The van der Waals surface area contributed by atoms with E-state index in [1.54, 1.807) is 6.20 Å². The van der Waals surface area contributed by atoms with E-state index in [9.17, 15) is 9.59 Å². The Balaban J connectivity index is 1.67. The van der Waals surface area contributed by atoms with Crippen LogP contribution in [0.4, 0.5) is 0 Å². The van der Waals surface area contributed by atoms with E-state index < -0.39 is 6.04 Å². The molecule has 0 radical (unpaired) electrons. The molecule has 27 heavy (non-hydrogen) atoms. The number of benzene rings is 1. The number of nitrogens with zero attached hydrogens (tertiary/aromatic N) is 2. The molecule has 0 unspecified atom stereocenters. The fraction of sp³-hybridized carbons (Fsp3) is 0.286. The lowest BCUT2D eigenvalue weighted by Gasteiger charge is -2.22. The van der Waals surface area contributed by atoms with E-state index in [0.29, 0.717) is 19.5 Å². The highest BCUT2D eigenvalue weighted by Crippen LogP contribution is 2.23. The summed E-state index contributed by atoms with van der Waals surface area (Å²) in [6.45, 7) is 6.15. The van der Waals surface area contributed by atoms with Gasteiger partial charge in [0.2, 0.25) is 11.8 Å². The molecule has 0 spiro atoms. The number of carbonyl (C=O) groups is 2. The molecule has 0 saturated carbocycles. The van der Waals surface area contributed by atoms with E-state index in [1.165, 1.54) is 11.0 Å². The fourth-order valence-corrected chi connectivity index (χ4v) is 3.18. The average Bonchev–Trinajstić information content (AvgIpc) is 3.11. The first kappa shape index (κ1) is 18.6. The summed E-state index contributed by atoms with van der Waals surface area (Å²) < 4.78 is 5.94. The molecule has 1 saturated heterocycles. The lowest BCUT2D eigenvalue weighted by atomic mass is 10.1. The van der Waals surface area contributed by atoms with Gasteiger partial charge in [-0.25, -0.2) is 0 Å². The van der Waals surface area contributed by atoms with Gasteiger partial charge in [-0.2, -0.15) is 0 Å². The first-order chi connectivity index (χ1) is 13.1.